The summed E-state index contributed by atoms with van der Waals surface area (Å²) in [6.07, 6.45) is 0. The van der Waals surface area contributed by atoms with Gasteiger partial charge in [0.1, 0.15) is 0 Å². The highest BCUT2D eigenvalue weighted by atomic mass is 79.9. The van der Waals surface area contributed by atoms with Crippen LogP contribution in [-0.2, 0) is 0 Å². The summed E-state index contributed by atoms with van der Waals surface area (Å²) in [4.78, 5) is 0. The molecule has 0 aliphatic carbocycles. The van der Waals surface area contributed by atoms with E-state index in [-0.39, 0.29) is 6.04 Å². The first-order valence-electron chi connectivity index (χ1n) is 7.31. The summed E-state index contributed by atoms with van der Waals surface area (Å²) in [5.74, 6) is 0.547. The third-order valence-electron chi connectivity index (χ3n) is 3.64. The molecule has 0 aromatic heterocycles. The number of halogens is 2. The fraction of sp³-hybridized carbons (Fsp3) is 0.333. The van der Waals surface area contributed by atoms with Crippen LogP contribution in [0.25, 0.3) is 0 Å². The highest BCUT2D eigenvalue weighted by molar-refractivity contribution is 9.10. The predicted molar refractivity (Wildman–Crippen MR) is 95.2 cm³/mol. The van der Waals surface area contributed by atoms with Crippen molar-refractivity contribution in [2.24, 2.45) is 0 Å². The molecule has 2 rings (SSSR count). The third-order valence-corrected chi connectivity index (χ3v) is 4.95. The molecule has 21 heavy (non-hydrogen) atoms. The van der Waals surface area contributed by atoms with Crippen LogP contribution in [-0.4, -0.2) is 6.54 Å². The van der Waals surface area contributed by atoms with Crippen LogP contribution in [0.2, 0.25) is 5.02 Å². The molecule has 0 bridgehead atoms. The van der Waals surface area contributed by atoms with Crippen molar-refractivity contribution >= 4 is 27.5 Å². The molecule has 1 nitrogen and oxygen atoms in total. The van der Waals surface area contributed by atoms with E-state index in [0.29, 0.717) is 5.92 Å². The second kappa shape index (κ2) is 7.44. The van der Waals surface area contributed by atoms with Gasteiger partial charge in [-0.25, -0.2) is 0 Å². The monoisotopic (exact) mass is 365 g/mol. The lowest BCUT2D eigenvalue weighted by Crippen LogP contribution is -2.22. The van der Waals surface area contributed by atoms with Crippen LogP contribution < -0.4 is 5.32 Å². The fourth-order valence-electron chi connectivity index (χ4n) is 2.43. The molecule has 2 aromatic rings. The van der Waals surface area contributed by atoms with Gasteiger partial charge in [0.05, 0.1) is 11.1 Å². The molecule has 3 heteroatoms. The average molecular weight is 367 g/mol. The van der Waals surface area contributed by atoms with E-state index in [4.69, 9.17) is 11.6 Å². The number of nitrogens with one attached hydrogen (secondary N) is 1. The fourth-order valence-corrected chi connectivity index (χ4v) is 3.04. The molecule has 0 spiro atoms. The van der Waals surface area contributed by atoms with Crippen molar-refractivity contribution in [3.05, 3.63) is 68.7 Å². The van der Waals surface area contributed by atoms with Crippen molar-refractivity contribution in [3.63, 3.8) is 0 Å². The largest absolute Gasteiger partial charge is 0.306 e. The summed E-state index contributed by atoms with van der Waals surface area (Å²) in [6, 6.07) is 15.0. The second-order valence-corrected chi connectivity index (χ2v) is 6.69. The minimum Gasteiger partial charge on any atom is -0.306 e. The van der Waals surface area contributed by atoms with Crippen molar-refractivity contribution < 1.29 is 0 Å². The minimum atomic E-state index is 0.112. The van der Waals surface area contributed by atoms with Gasteiger partial charge in [-0.3, -0.25) is 0 Å². The number of rotatable bonds is 5. The first kappa shape index (κ1) is 16.5. The van der Waals surface area contributed by atoms with E-state index in [2.05, 4.69) is 72.3 Å². The van der Waals surface area contributed by atoms with E-state index < -0.39 is 0 Å². The topological polar surface area (TPSA) is 12.0 Å². The standard InChI is InChI=1S/C18H21BrClN/c1-4-21-18(15-6-5-7-16(19)17(15)20)14-10-8-13(9-11-14)12(2)3/h5-12,18,21H,4H2,1-3H3. The van der Waals surface area contributed by atoms with Gasteiger partial charge < -0.3 is 5.32 Å². The molecule has 1 N–H and O–H groups in total. The third kappa shape index (κ3) is 3.88. The highest BCUT2D eigenvalue weighted by Crippen LogP contribution is 2.33. The highest BCUT2D eigenvalue weighted by Gasteiger charge is 2.17. The van der Waals surface area contributed by atoms with Gasteiger partial charge in [-0.05, 0) is 51.1 Å². The lowest BCUT2D eigenvalue weighted by atomic mass is 9.95. The van der Waals surface area contributed by atoms with Gasteiger partial charge in [-0.2, -0.15) is 0 Å². The van der Waals surface area contributed by atoms with Crippen LogP contribution in [0.3, 0.4) is 0 Å². The number of benzene rings is 2. The van der Waals surface area contributed by atoms with Gasteiger partial charge in [-0.15, -0.1) is 0 Å². The van der Waals surface area contributed by atoms with E-state index >= 15 is 0 Å². The average Bonchev–Trinajstić information content (AvgIpc) is 2.48. The molecule has 112 valence electrons. The van der Waals surface area contributed by atoms with Crippen LogP contribution in [0.15, 0.2) is 46.9 Å². The van der Waals surface area contributed by atoms with Gasteiger partial charge in [0.15, 0.2) is 0 Å². The van der Waals surface area contributed by atoms with E-state index in [1.54, 1.807) is 0 Å². The molecule has 1 unspecified atom stereocenters. The first-order valence-corrected chi connectivity index (χ1v) is 8.48. The van der Waals surface area contributed by atoms with Crippen molar-refractivity contribution in [2.45, 2.75) is 32.7 Å². The Morgan fingerprint density at radius 2 is 1.67 bits per heavy atom. The molecule has 0 aliphatic heterocycles. The van der Waals surface area contributed by atoms with Gasteiger partial charge >= 0.3 is 0 Å². The lowest BCUT2D eigenvalue weighted by Gasteiger charge is -2.21. The van der Waals surface area contributed by atoms with Gasteiger partial charge in [0, 0.05) is 4.47 Å². The molecule has 0 amide bonds. The maximum atomic E-state index is 6.47. The quantitative estimate of drug-likeness (QED) is 0.692. The molecule has 1 atom stereocenters. The Hall–Kier alpha value is -0.830. The minimum absolute atomic E-state index is 0.112. The van der Waals surface area contributed by atoms with Crippen LogP contribution in [0.1, 0.15) is 49.4 Å². The van der Waals surface area contributed by atoms with Crippen LogP contribution in [0.4, 0.5) is 0 Å². The van der Waals surface area contributed by atoms with Crippen LogP contribution >= 0.6 is 27.5 Å². The molecule has 0 saturated heterocycles. The summed E-state index contributed by atoms with van der Waals surface area (Å²) < 4.78 is 0.934. The zero-order valence-corrected chi connectivity index (χ0v) is 15.0. The summed E-state index contributed by atoms with van der Waals surface area (Å²) in [5, 5.41) is 4.30. The maximum Gasteiger partial charge on any atom is 0.0599 e. The summed E-state index contributed by atoms with van der Waals surface area (Å²) >= 11 is 9.98. The predicted octanol–water partition coefficient (Wildman–Crippen LogP) is 5.92. The lowest BCUT2D eigenvalue weighted by molar-refractivity contribution is 0.630. The van der Waals surface area contributed by atoms with E-state index in [9.17, 15) is 0 Å². The van der Waals surface area contributed by atoms with Crippen LogP contribution in [0, 0.1) is 0 Å². The molecule has 0 fully saturated rings. The summed E-state index contributed by atoms with van der Waals surface area (Å²) in [6.45, 7) is 7.42. The van der Waals surface area contributed by atoms with E-state index in [0.717, 1.165) is 21.6 Å². The molecule has 0 heterocycles. The molecule has 0 saturated carbocycles. The first-order chi connectivity index (χ1) is 10.0. The SMILES string of the molecule is CCNC(c1ccc(C(C)C)cc1)c1cccc(Br)c1Cl. The molecule has 0 radical (unpaired) electrons. The number of hydrogen-bond donors (Lipinski definition) is 1. The van der Waals surface area contributed by atoms with Gasteiger partial charge in [-0.1, -0.05) is 68.8 Å². The van der Waals surface area contributed by atoms with Crippen molar-refractivity contribution in [1.82, 2.24) is 5.32 Å². The van der Waals surface area contributed by atoms with Crippen LogP contribution in [0.5, 0.6) is 0 Å². The molecular formula is C18H21BrClN. The normalized spacial score (nSPS) is 12.7. The Morgan fingerprint density at radius 1 is 1.05 bits per heavy atom. The maximum absolute atomic E-state index is 6.47. The van der Waals surface area contributed by atoms with E-state index in [1.807, 2.05) is 12.1 Å². The number of hydrogen-bond acceptors (Lipinski definition) is 1. The zero-order valence-electron chi connectivity index (χ0n) is 12.7. The summed E-state index contributed by atoms with van der Waals surface area (Å²) in [7, 11) is 0. The van der Waals surface area contributed by atoms with Gasteiger partial charge in [0.25, 0.3) is 0 Å². The Bertz CT molecular complexity index is 593. The Morgan fingerprint density at radius 3 is 2.24 bits per heavy atom. The Balaban J connectivity index is 2.41. The summed E-state index contributed by atoms with van der Waals surface area (Å²) in [5.41, 5.74) is 3.70. The smallest absolute Gasteiger partial charge is 0.0599 e. The van der Waals surface area contributed by atoms with Crippen molar-refractivity contribution in [1.29, 1.82) is 0 Å². The van der Waals surface area contributed by atoms with E-state index in [1.165, 1.54) is 11.1 Å². The van der Waals surface area contributed by atoms with Gasteiger partial charge in [0.2, 0.25) is 0 Å². The molecular weight excluding hydrogens is 346 g/mol. The Kier molecular flexibility index (Phi) is 5.86. The van der Waals surface area contributed by atoms with Crippen molar-refractivity contribution in [3.8, 4) is 0 Å². The zero-order chi connectivity index (χ0) is 15.4. The molecule has 0 aliphatic rings. The Labute approximate surface area is 140 Å². The molecule has 2 aromatic carbocycles. The van der Waals surface area contributed by atoms with Crippen molar-refractivity contribution in [2.75, 3.05) is 6.54 Å². The second-order valence-electron chi connectivity index (χ2n) is 5.46.